The van der Waals surface area contributed by atoms with E-state index in [2.05, 4.69) is 14.9 Å². The summed E-state index contributed by atoms with van der Waals surface area (Å²) in [4.78, 5) is 24.2. The van der Waals surface area contributed by atoms with Crippen LogP contribution in [0.1, 0.15) is 10.4 Å². The molecule has 6 nitrogen and oxygen atoms in total. The van der Waals surface area contributed by atoms with Gasteiger partial charge in [0.15, 0.2) is 0 Å². The van der Waals surface area contributed by atoms with Crippen LogP contribution in [-0.4, -0.2) is 52.1 Å². The van der Waals surface area contributed by atoms with Gasteiger partial charge in [0.1, 0.15) is 5.75 Å². The van der Waals surface area contributed by atoms with Crippen molar-refractivity contribution in [3.05, 3.63) is 48.5 Å². The number of piperazine rings is 1. The molecule has 108 valence electrons. The summed E-state index contributed by atoms with van der Waals surface area (Å²) in [5.41, 5.74) is 1.37. The molecule has 1 amide bonds. The molecule has 0 bridgehead atoms. The molecule has 3 heterocycles. The lowest BCUT2D eigenvalue weighted by Crippen LogP contribution is -2.48. The van der Waals surface area contributed by atoms with Gasteiger partial charge in [-0.25, -0.2) is 0 Å². The van der Waals surface area contributed by atoms with E-state index < -0.39 is 0 Å². The number of carbonyl (C=O) groups excluding carboxylic acids is 1. The predicted octanol–water partition coefficient (Wildman–Crippen LogP) is 1.14. The fraction of sp³-hybridized carbons (Fsp3) is 0.267. The zero-order chi connectivity index (χ0) is 14.7. The van der Waals surface area contributed by atoms with Gasteiger partial charge in [0.05, 0.1) is 23.6 Å². The van der Waals surface area contributed by atoms with Gasteiger partial charge >= 0.3 is 0 Å². The number of anilines is 1. The molecule has 1 saturated heterocycles. The molecule has 1 aliphatic heterocycles. The molecule has 0 atom stereocenters. The standard InChI is InChI=1S/C15H16N4O2/c20-14-11-17-5-3-13(14)15(21)19-8-6-18(7-9-19)12-2-1-4-16-10-12/h1-5,10-11,20H,6-9H2. The summed E-state index contributed by atoms with van der Waals surface area (Å²) in [7, 11) is 0. The van der Waals surface area contributed by atoms with Crippen LogP contribution in [-0.2, 0) is 0 Å². The zero-order valence-corrected chi connectivity index (χ0v) is 11.5. The molecule has 1 fully saturated rings. The highest BCUT2D eigenvalue weighted by Gasteiger charge is 2.23. The number of hydrogen-bond donors (Lipinski definition) is 1. The van der Waals surface area contributed by atoms with Gasteiger partial charge in [0.25, 0.3) is 5.91 Å². The molecular formula is C15H16N4O2. The number of rotatable bonds is 2. The summed E-state index contributed by atoms with van der Waals surface area (Å²) in [5.74, 6) is -0.224. The first kappa shape index (κ1) is 13.4. The number of pyridine rings is 2. The van der Waals surface area contributed by atoms with E-state index in [0.717, 1.165) is 18.8 Å². The second kappa shape index (κ2) is 5.78. The highest BCUT2D eigenvalue weighted by Crippen LogP contribution is 2.19. The third-order valence-electron chi connectivity index (χ3n) is 3.61. The molecular weight excluding hydrogens is 268 g/mol. The average Bonchev–Trinajstić information content (AvgIpc) is 2.56. The summed E-state index contributed by atoms with van der Waals surface area (Å²) < 4.78 is 0. The number of aromatic hydroxyl groups is 1. The number of aromatic nitrogens is 2. The van der Waals surface area contributed by atoms with Crippen molar-refractivity contribution in [3.63, 3.8) is 0 Å². The van der Waals surface area contributed by atoms with Gasteiger partial charge in [0, 0.05) is 38.6 Å². The van der Waals surface area contributed by atoms with Gasteiger partial charge < -0.3 is 14.9 Å². The number of amides is 1. The van der Waals surface area contributed by atoms with Crippen molar-refractivity contribution in [2.75, 3.05) is 31.1 Å². The first-order valence-electron chi connectivity index (χ1n) is 6.83. The normalized spacial score (nSPS) is 15.0. The Morgan fingerprint density at radius 3 is 2.48 bits per heavy atom. The zero-order valence-electron chi connectivity index (χ0n) is 11.5. The quantitative estimate of drug-likeness (QED) is 0.895. The second-order valence-corrected chi connectivity index (χ2v) is 4.88. The summed E-state index contributed by atoms with van der Waals surface area (Å²) >= 11 is 0. The van der Waals surface area contributed by atoms with Gasteiger partial charge in [-0.1, -0.05) is 0 Å². The smallest absolute Gasteiger partial charge is 0.257 e. The monoisotopic (exact) mass is 284 g/mol. The van der Waals surface area contributed by atoms with Crippen LogP contribution in [0.4, 0.5) is 5.69 Å². The van der Waals surface area contributed by atoms with Crippen molar-refractivity contribution in [1.29, 1.82) is 0 Å². The molecule has 1 N–H and O–H groups in total. The van der Waals surface area contributed by atoms with Gasteiger partial charge in [0.2, 0.25) is 0 Å². The van der Waals surface area contributed by atoms with E-state index in [9.17, 15) is 9.90 Å². The van der Waals surface area contributed by atoms with Crippen molar-refractivity contribution in [3.8, 4) is 5.75 Å². The van der Waals surface area contributed by atoms with E-state index in [-0.39, 0.29) is 11.7 Å². The van der Waals surface area contributed by atoms with Crippen LogP contribution in [0.3, 0.4) is 0 Å². The van der Waals surface area contributed by atoms with Crippen LogP contribution < -0.4 is 4.90 Å². The molecule has 2 aromatic rings. The molecule has 0 aromatic carbocycles. The van der Waals surface area contributed by atoms with E-state index in [0.29, 0.717) is 18.7 Å². The third-order valence-corrected chi connectivity index (χ3v) is 3.61. The molecule has 0 radical (unpaired) electrons. The van der Waals surface area contributed by atoms with Crippen molar-refractivity contribution in [2.45, 2.75) is 0 Å². The van der Waals surface area contributed by atoms with Crippen LogP contribution in [0.2, 0.25) is 0 Å². The maximum atomic E-state index is 12.4. The van der Waals surface area contributed by atoms with Crippen LogP contribution in [0.15, 0.2) is 43.0 Å². The van der Waals surface area contributed by atoms with Crippen LogP contribution >= 0.6 is 0 Å². The number of hydrogen-bond acceptors (Lipinski definition) is 5. The lowest BCUT2D eigenvalue weighted by atomic mass is 10.2. The Kier molecular flexibility index (Phi) is 3.68. The molecule has 0 spiro atoms. The third kappa shape index (κ3) is 2.79. The molecule has 6 heteroatoms. The second-order valence-electron chi connectivity index (χ2n) is 4.88. The average molecular weight is 284 g/mol. The minimum atomic E-state index is -0.152. The van der Waals surface area contributed by atoms with Crippen molar-refractivity contribution < 1.29 is 9.90 Å². The maximum Gasteiger partial charge on any atom is 0.257 e. The predicted molar refractivity (Wildman–Crippen MR) is 78.3 cm³/mol. The molecule has 0 aliphatic carbocycles. The Bertz CT molecular complexity index is 625. The number of carbonyl (C=O) groups is 1. The van der Waals surface area contributed by atoms with Gasteiger partial charge in [-0.2, -0.15) is 0 Å². The minimum absolute atomic E-state index is 0.0720. The Labute approximate surface area is 122 Å². The molecule has 3 rings (SSSR count). The summed E-state index contributed by atoms with van der Waals surface area (Å²) in [6.07, 6.45) is 6.37. The first-order valence-corrected chi connectivity index (χ1v) is 6.83. The van der Waals surface area contributed by atoms with Crippen LogP contribution in [0, 0.1) is 0 Å². The summed E-state index contributed by atoms with van der Waals surface area (Å²) in [6.45, 7) is 2.75. The van der Waals surface area contributed by atoms with Crippen molar-refractivity contribution in [1.82, 2.24) is 14.9 Å². The minimum Gasteiger partial charge on any atom is -0.505 e. The van der Waals surface area contributed by atoms with E-state index in [1.54, 1.807) is 17.2 Å². The number of nitrogens with zero attached hydrogens (tertiary/aromatic N) is 4. The highest BCUT2D eigenvalue weighted by atomic mass is 16.3. The maximum absolute atomic E-state index is 12.4. The highest BCUT2D eigenvalue weighted by molar-refractivity contribution is 5.96. The topological polar surface area (TPSA) is 69.6 Å². The SMILES string of the molecule is O=C(c1ccncc1O)N1CCN(c2cccnc2)CC1. The van der Waals surface area contributed by atoms with Crippen LogP contribution in [0.25, 0.3) is 0 Å². The Morgan fingerprint density at radius 2 is 1.81 bits per heavy atom. The van der Waals surface area contributed by atoms with Crippen LogP contribution in [0.5, 0.6) is 5.75 Å². The first-order chi connectivity index (χ1) is 10.3. The fourth-order valence-electron chi connectivity index (χ4n) is 2.45. The molecule has 1 aliphatic rings. The lowest BCUT2D eigenvalue weighted by Gasteiger charge is -2.36. The van der Waals surface area contributed by atoms with E-state index in [1.807, 2.05) is 18.3 Å². The molecule has 21 heavy (non-hydrogen) atoms. The summed E-state index contributed by atoms with van der Waals surface area (Å²) in [5, 5.41) is 9.71. The fourth-order valence-corrected chi connectivity index (χ4v) is 2.45. The Morgan fingerprint density at radius 1 is 1.05 bits per heavy atom. The Balaban J connectivity index is 1.66. The van der Waals surface area contributed by atoms with E-state index in [4.69, 9.17) is 0 Å². The molecule has 2 aromatic heterocycles. The van der Waals surface area contributed by atoms with Gasteiger partial charge in [-0.3, -0.25) is 14.8 Å². The van der Waals surface area contributed by atoms with Crippen molar-refractivity contribution in [2.24, 2.45) is 0 Å². The molecule has 0 unspecified atom stereocenters. The van der Waals surface area contributed by atoms with Gasteiger partial charge in [-0.15, -0.1) is 0 Å². The molecule has 0 saturated carbocycles. The lowest BCUT2D eigenvalue weighted by molar-refractivity contribution is 0.0743. The van der Waals surface area contributed by atoms with E-state index in [1.165, 1.54) is 12.4 Å². The Hall–Kier alpha value is -2.63. The van der Waals surface area contributed by atoms with Gasteiger partial charge in [-0.05, 0) is 18.2 Å². The van der Waals surface area contributed by atoms with E-state index >= 15 is 0 Å². The largest absolute Gasteiger partial charge is 0.505 e. The summed E-state index contributed by atoms with van der Waals surface area (Å²) in [6, 6.07) is 5.46. The van der Waals surface area contributed by atoms with Crippen molar-refractivity contribution >= 4 is 11.6 Å².